The quantitative estimate of drug-likeness (QED) is 0.840. The lowest BCUT2D eigenvalue weighted by Crippen LogP contribution is -2.28. The summed E-state index contributed by atoms with van der Waals surface area (Å²) < 4.78 is 5.75. The third-order valence-electron chi connectivity index (χ3n) is 4.64. The Hall–Kier alpha value is -0.650. The van der Waals surface area contributed by atoms with E-state index in [0.717, 1.165) is 31.7 Å². The molecule has 1 unspecified atom stereocenters. The Kier molecular flexibility index (Phi) is 3.90. The predicted octanol–water partition coefficient (Wildman–Crippen LogP) is 2.89. The molecule has 1 atom stereocenters. The first-order valence-corrected chi connectivity index (χ1v) is 9.17. The van der Waals surface area contributed by atoms with Gasteiger partial charge in [0.25, 0.3) is 0 Å². The van der Waals surface area contributed by atoms with Gasteiger partial charge in [-0.05, 0) is 38.5 Å². The normalized spacial score (nSPS) is 25.5. The van der Waals surface area contributed by atoms with Crippen molar-refractivity contribution < 1.29 is 4.74 Å². The minimum atomic E-state index is 0.399. The van der Waals surface area contributed by atoms with E-state index in [1.807, 2.05) is 11.3 Å². The zero-order chi connectivity index (χ0) is 14.2. The molecule has 3 aliphatic rings. The molecule has 0 radical (unpaired) electrons. The summed E-state index contributed by atoms with van der Waals surface area (Å²) in [5.74, 6) is 0.738. The van der Waals surface area contributed by atoms with E-state index >= 15 is 0 Å². The van der Waals surface area contributed by atoms with Crippen molar-refractivity contribution in [2.45, 2.75) is 63.1 Å². The van der Waals surface area contributed by atoms with Gasteiger partial charge in [0.15, 0.2) is 5.13 Å². The highest BCUT2D eigenvalue weighted by molar-refractivity contribution is 7.15. The van der Waals surface area contributed by atoms with Crippen LogP contribution in [-0.4, -0.2) is 37.3 Å². The molecule has 0 amide bonds. The Bertz CT molecular complexity index is 490. The van der Waals surface area contributed by atoms with Crippen LogP contribution in [0.15, 0.2) is 0 Å². The smallest absolute Gasteiger partial charge is 0.185 e. The van der Waals surface area contributed by atoms with Gasteiger partial charge < -0.3 is 15.0 Å². The Balaban J connectivity index is 1.44. The Morgan fingerprint density at radius 1 is 1.29 bits per heavy atom. The molecule has 116 valence electrons. The molecule has 3 fully saturated rings. The molecule has 0 spiro atoms. The van der Waals surface area contributed by atoms with Crippen molar-refractivity contribution in [2.24, 2.45) is 0 Å². The molecular formula is C16H25N3OS. The van der Waals surface area contributed by atoms with E-state index in [1.54, 1.807) is 0 Å². The van der Waals surface area contributed by atoms with E-state index in [1.165, 1.54) is 54.2 Å². The van der Waals surface area contributed by atoms with Crippen molar-refractivity contribution in [3.63, 3.8) is 0 Å². The van der Waals surface area contributed by atoms with Crippen molar-refractivity contribution >= 4 is 16.5 Å². The van der Waals surface area contributed by atoms with Gasteiger partial charge in [-0.15, -0.1) is 11.3 Å². The van der Waals surface area contributed by atoms with Crippen LogP contribution in [0.25, 0.3) is 0 Å². The summed E-state index contributed by atoms with van der Waals surface area (Å²) in [5.41, 5.74) is 1.38. The van der Waals surface area contributed by atoms with Crippen molar-refractivity contribution in [1.82, 2.24) is 10.3 Å². The van der Waals surface area contributed by atoms with Gasteiger partial charge in [0.1, 0.15) is 0 Å². The number of nitrogens with zero attached hydrogens (tertiary/aromatic N) is 2. The average molecular weight is 307 g/mol. The maximum Gasteiger partial charge on any atom is 0.185 e. The largest absolute Gasteiger partial charge is 0.376 e. The average Bonchev–Trinajstić information content (AvgIpc) is 3.40. The second-order valence-corrected chi connectivity index (χ2v) is 7.81. The number of thiazole rings is 1. The van der Waals surface area contributed by atoms with Gasteiger partial charge in [-0.3, -0.25) is 0 Å². The summed E-state index contributed by atoms with van der Waals surface area (Å²) in [6.45, 7) is 2.93. The lowest BCUT2D eigenvalue weighted by atomic mass is 10.2. The first-order valence-electron chi connectivity index (χ1n) is 8.35. The summed E-state index contributed by atoms with van der Waals surface area (Å²) in [5, 5.41) is 4.83. The van der Waals surface area contributed by atoms with Gasteiger partial charge in [-0.2, -0.15) is 0 Å². The molecule has 1 N–H and O–H groups in total. The van der Waals surface area contributed by atoms with Crippen LogP contribution in [0.2, 0.25) is 0 Å². The summed E-state index contributed by atoms with van der Waals surface area (Å²) >= 11 is 1.89. The number of hydrogen-bond donors (Lipinski definition) is 1. The SMILES string of the molecule is CN(CC1CCCO1)c1nc(C2CC2)c(CNC2CC2)s1. The fraction of sp³-hybridized carbons (Fsp3) is 0.812. The van der Waals surface area contributed by atoms with Crippen LogP contribution in [0.4, 0.5) is 5.13 Å². The van der Waals surface area contributed by atoms with E-state index in [0.29, 0.717) is 6.10 Å². The van der Waals surface area contributed by atoms with Gasteiger partial charge in [0, 0.05) is 43.6 Å². The topological polar surface area (TPSA) is 37.4 Å². The molecule has 21 heavy (non-hydrogen) atoms. The Labute approximate surface area is 130 Å². The fourth-order valence-electron chi connectivity index (χ4n) is 3.01. The minimum absolute atomic E-state index is 0.399. The van der Waals surface area contributed by atoms with E-state index < -0.39 is 0 Å². The van der Waals surface area contributed by atoms with Crippen LogP contribution in [-0.2, 0) is 11.3 Å². The molecule has 0 aromatic carbocycles. The zero-order valence-electron chi connectivity index (χ0n) is 12.8. The first-order chi connectivity index (χ1) is 10.3. The van der Waals surface area contributed by atoms with E-state index in [2.05, 4.69) is 17.3 Å². The van der Waals surface area contributed by atoms with E-state index in [-0.39, 0.29) is 0 Å². The third kappa shape index (κ3) is 3.41. The molecule has 1 saturated heterocycles. The maximum absolute atomic E-state index is 5.75. The molecule has 1 aromatic rings. The number of anilines is 1. The second-order valence-electron chi connectivity index (χ2n) is 6.75. The number of nitrogens with one attached hydrogen (secondary N) is 1. The van der Waals surface area contributed by atoms with Gasteiger partial charge in [0.05, 0.1) is 11.8 Å². The molecule has 0 bridgehead atoms. The lowest BCUT2D eigenvalue weighted by molar-refractivity contribution is 0.116. The Morgan fingerprint density at radius 2 is 2.14 bits per heavy atom. The van der Waals surface area contributed by atoms with Crippen LogP contribution >= 0.6 is 11.3 Å². The molecule has 4 rings (SSSR count). The van der Waals surface area contributed by atoms with Gasteiger partial charge in [0.2, 0.25) is 0 Å². The van der Waals surface area contributed by atoms with Crippen LogP contribution in [0.3, 0.4) is 0 Å². The first kappa shape index (κ1) is 14.0. The van der Waals surface area contributed by atoms with E-state index in [4.69, 9.17) is 9.72 Å². The van der Waals surface area contributed by atoms with Crippen LogP contribution in [0.5, 0.6) is 0 Å². The number of ether oxygens (including phenoxy) is 1. The van der Waals surface area contributed by atoms with Crippen LogP contribution < -0.4 is 10.2 Å². The summed E-state index contributed by atoms with van der Waals surface area (Å²) in [6, 6.07) is 0.771. The van der Waals surface area contributed by atoms with Gasteiger partial charge >= 0.3 is 0 Å². The number of rotatable bonds is 7. The maximum atomic E-state index is 5.75. The molecule has 2 aliphatic carbocycles. The molecule has 5 heteroatoms. The molecule has 1 aliphatic heterocycles. The number of likely N-dealkylation sites (N-methyl/N-ethyl adjacent to an activating group) is 1. The van der Waals surface area contributed by atoms with Gasteiger partial charge in [-0.25, -0.2) is 4.98 Å². The van der Waals surface area contributed by atoms with Crippen molar-refractivity contribution in [3.8, 4) is 0 Å². The molecule has 1 aromatic heterocycles. The van der Waals surface area contributed by atoms with E-state index in [9.17, 15) is 0 Å². The molecule has 2 saturated carbocycles. The second kappa shape index (κ2) is 5.86. The van der Waals surface area contributed by atoms with Crippen molar-refractivity contribution in [1.29, 1.82) is 0 Å². The van der Waals surface area contributed by atoms with Crippen molar-refractivity contribution in [2.75, 3.05) is 25.1 Å². The van der Waals surface area contributed by atoms with Crippen molar-refractivity contribution in [3.05, 3.63) is 10.6 Å². The summed E-state index contributed by atoms with van der Waals surface area (Å²) in [6.07, 6.45) is 8.16. The molecule has 2 heterocycles. The monoisotopic (exact) mass is 307 g/mol. The Morgan fingerprint density at radius 3 is 2.81 bits per heavy atom. The highest BCUT2D eigenvalue weighted by Crippen LogP contribution is 2.44. The minimum Gasteiger partial charge on any atom is -0.376 e. The highest BCUT2D eigenvalue weighted by Gasteiger charge is 2.31. The van der Waals surface area contributed by atoms with Crippen LogP contribution in [0, 0.1) is 0 Å². The molecular weight excluding hydrogens is 282 g/mol. The zero-order valence-corrected chi connectivity index (χ0v) is 13.6. The van der Waals surface area contributed by atoms with Gasteiger partial charge in [-0.1, -0.05) is 0 Å². The number of aromatic nitrogens is 1. The van der Waals surface area contributed by atoms with Crippen LogP contribution in [0.1, 0.15) is 55.0 Å². The fourth-order valence-corrected chi connectivity index (χ4v) is 4.08. The predicted molar refractivity (Wildman–Crippen MR) is 86.2 cm³/mol. The standard InChI is InChI=1S/C16H25N3OS/c1-19(10-13-3-2-8-20-13)16-18-15(11-4-5-11)14(21-16)9-17-12-6-7-12/h11-13,17H,2-10H2,1H3. The lowest BCUT2D eigenvalue weighted by Gasteiger charge is -2.19. The number of hydrogen-bond acceptors (Lipinski definition) is 5. The third-order valence-corrected chi connectivity index (χ3v) is 5.82. The molecule has 4 nitrogen and oxygen atoms in total. The summed E-state index contributed by atoms with van der Waals surface area (Å²) in [7, 11) is 2.16. The summed E-state index contributed by atoms with van der Waals surface area (Å²) in [4.78, 5) is 8.73. The highest BCUT2D eigenvalue weighted by atomic mass is 32.1.